The van der Waals surface area contributed by atoms with Crippen LogP contribution in [0.25, 0.3) is 0 Å². The molecule has 90 valence electrons. The number of halogens is 1. The zero-order valence-electron chi connectivity index (χ0n) is 11.0. The first-order valence-corrected chi connectivity index (χ1v) is 9.65. The second-order valence-electron chi connectivity index (χ2n) is 5.42. The minimum absolute atomic E-state index is 0.306. The highest BCUT2D eigenvalue weighted by Crippen LogP contribution is 2.36. The van der Waals surface area contributed by atoms with Gasteiger partial charge in [0.2, 0.25) is 0 Å². The Labute approximate surface area is 105 Å². The van der Waals surface area contributed by atoms with Gasteiger partial charge < -0.3 is 4.43 Å². The van der Waals surface area contributed by atoms with E-state index in [-0.39, 0.29) is 0 Å². The molecule has 0 aliphatic rings. The summed E-state index contributed by atoms with van der Waals surface area (Å²) in [4.78, 5) is 0. The molecular weight excluding hydrogens is 268 g/mol. The summed E-state index contributed by atoms with van der Waals surface area (Å²) in [5.74, 6) is 0. The van der Waals surface area contributed by atoms with E-state index in [0.717, 1.165) is 18.4 Å². The summed E-state index contributed by atoms with van der Waals surface area (Å²) in [7, 11) is -1.57. The van der Waals surface area contributed by atoms with Gasteiger partial charge in [0.05, 0.1) is 6.61 Å². The molecule has 0 saturated heterocycles. The third-order valence-corrected chi connectivity index (χ3v) is 8.05. The van der Waals surface area contributed by atoms with E-state index in [1.807, 2.05) is 0 Å². The maximum Gasteiger partial charge on any atom is 0.192 e. The molecule has 0 rings (SSSR count). The van der Waals surface area contributed by atoms with Gasteiger partial charge in [-0.25, -0.2) is 0 Å². The van der Waals surface area contributed by atoms with Crippen molar-refractivity contribution < 1.29 is 4.43 Å². The Morgan fingerprint density at radius 3 is 2.20 bits per heavy atom. The Morgan fingerprint density at radius 2 is 1.87 bits per heavy atom. The number of hydrogen-bond acceptors (Lipinski definition) is 1. The maximum absolute atomic E-state index is 6.15. The molecule has 1 nitrogen and oxygen atoms in total. The number of hydrogen-bond donors (Lipinski definition) is 0. The predicted molar refractivity (Wildman–Crippen MR) is 75.3 cm³/mol. The highest BCUT2D eigenvalue weighted by molar-refractivity contribution is 9.09. The molecule has 3 heteroatoms. The van der Waals surface area contributed by atoms with E-state index >= 15 is 0 Å². The van der Waals surface area contributed by atoms with Gasteiger partial charge in [-0.05, 0) is 30.1 Å². The number of alkyl halides is 1. The first-order chi connectivity index (χ1) is 6.74. The van der Waals surface area contributed by atoms with Crippen LogP contribution in [0.15, 0.2) is 11.6 Å². The van der Waals surface area contributed by atoms with Gasteiger partial charge in [0, 0.05) is 5.33 Å². The van der Waals surface area contributed by atoms with Crippen LogP contribution in [-0.2, 0) is 4.43 Å². The smallest absolute Gasteiger partial charge is 0.192 e. The Bertz CT molecular complexity index is 216. The molecule has 15 heavy (non-hydrogen) atoms. The third kappa shape index (κ3) is 5.32. The van der Waals surface area contributed by atoms with Gasteiger partial charge in [-0.2, -0.15) is 0 Å². The fraction of sp³-hybridized carbons (Fsp3) is 0.833. The van der Waals surface area contributed by atoms with E-state index < -0.39 is 8.32 Å². The summed E-state index contributed by atoms with van der Waals surface area (Å²) in [5, 5.41) is 1.23. The SMILES string of the molecule is CC/C(=C\CBr)CO[Si](C)(C)C(C)(C)C. The fourth-order valence-corrected chi connectivity index (χ4v) is 2.34. The van der Waals surface area contributed by atoms with Crippen LogP contribution in [0.1, 0.15) is 34.1 Å². The van der Waals surface area contributed by atoms with Crippen molar-refractivity contribution in [3.05, 3.63) is 11.6 Å². The van der Waals surface area contributed by atoms with Crippen LogP contribution in [0.4, 0.5) is 0 Å². The lowest BCUT2D eigenvalue weighted by Crippen LogP contribution is -2.41. The molecule has 0 aliphatic heterocycles. The summed E-state index contributed by atoms with van der Waals surface area (Å²) in [6.07, 6.45) is 3.30. The number of rotatable bonds is 5. The molecule has 0 unspecified atom stereocenters. The largest absolute Gasteiger partial charge is 0.413 e. The van der Waals surface area contributed by atoms with Gasteiger partial charge in [-0.3, -0.25) is 0 Å². The first kappa shape index (κ1) is 15.4. The van der Waals surface area contributed by atoms with Crippen molar-refractivity contribution in [3.8, 4) is 0 Å². The molecular formula is C12H25BrOSi. The average Bonchev–Trinajstić information content (AvgIpc) is 2.10. The molecule has 0 aromatic heterocycles. The summed E-state index contributed by atoms with van der Waals surface area (Å²) in [6, 6.07) is 0. The lowest BCUT2D eigenvalue weighted by Gasteiger charge is -2.36. The van der Waals surface area contributed by atoms with Gasteiger partial charge in [0.25, 0.3) is 0 Å². The van der Waals surface area contributed by atoms with E-state index in [1.54, 1.807) is 0 Å². The normalized spacial score (nSPS) is 14.5. The van der Waals surface area contributed by atoms with E-state index in [4.69, 9.17) is 4.43 Å². The highest BCUT2D eigenvalue weighted by atomic mass is 79.9. The first-order valence-electron chi connectivity index (χ1n) is 5.62. The molecule has 0 aliphatic carbocycles. The van der Waals surface area contributed by atoms with Crippen molar-refractivity contribution in [1.82, 2.24) is 0 Å². The van der Waals surface area contributed by atoms with Crippen molar-refractivity contribution in [2.45, 2.75) is 52.2 Å². The molecule has 0 aromatic carbocycles. The van der Waals surface area contributed by atoms with Gasteiger partial charge >= 0.3 is 0 Å². The monoisotopic (exact) mass is 292 g/mol. The molecule has 0 fully saturated rings. The van der Waals surface area contributed by atoms with Crippen LogP contribution >= 0.6 is 15.9 Å². The maximum atomic E-state index is 6.15. The zero-order valence-corrected chi connectivity index (χ0v) is 13.6. The Kier molecular flexibility index (Phi) is 6.38. The Balaban J connectivity index is 4.31. The summed E-state index contributed by atoms with van der Waals surface area (Å²) < 4.78 is 6.15. The van der Waals surface area contributed by atoms with Crippen molar-refractivity contribution in [2.24, 2.45) is 0 Å². The van der Waals surface area contributed by atoms with Gasteiger partial charge in [0.15, 0.2) is 8.32 Å². The molecule has 0 heterocycles. The lowest BCUT2D eigenvalue weighted by atomic mass is 10.2. The van der Waals surface area contributed by atoms with Crippen LogP contribution in [-0.4, -0.2) is 20.3 Å². The summed E-state index contributed by atoms with van der Waals surface area (Å²) >= 11 is 3.43. The van der Waals surface area contributed by atoms with E-state index in [2.05, 4.69) is 62.8 Å². The Hall–Kier alpha value is 0.397. The topological polar surface area (TPSA) is 9.23 Å². The van der Waals surface area contributed by atoms with E-state index in [0.29, 0.717) is 5.04 Å². The van der Waals surface area contributed by atoms with Crippen molar-refractivity contribution in [2.75, 3.05) is 11.9 Å². The molecule has 0 saturated carbocycles. The van der Waals surface area contributed by atoms with Crippen LogP contribution < -0.4 is 0 Å². The zero-order chi connectivity index (χ0) is 12.1. The molecule has 0 atom stereocenters. The van der Waals surface area contributed by atoms with Crippen LogP contribution in [0, 0.1) is 0 Å². The average molecular weight is 293 g/mol. The predicted octanol–water partition coefficient (Wildman–Crippen LogP) is 4.74. The lowest BCUT2D eigenvalue weighted by molar-refractivity contribution is 0.315. The Morgan fingerprint density at radius 1 is 1.33 bits per heavy atom. The second kappa shape index (κ2) is 6.21. The van der Waals surface area contributed by atoms with Crippen LogP contribution in [0.3, 0.4) is 0 Å². The molecule has 0 bridgehead atoms. The third-order valence-electron chi connectivity index (χ3n) is 3.24. The number of allylic oxidation sites excluding steroid dienone is 1. The molecule has 0 N–H and O–H groups in total. The summed E-state index contributed by atoms with van der Waals surface area (Å²) in [5.41, 5.74) is 1.40. The van der Waals surface area contributed by atoms with Crippen LogP contribution in [0.2, 0.25) is 18.1 Å². The molecule has 0 amide bonds. The second-order valence-corrected chi connectivity index (χ2v) is 10.9. The quantitative estimate of drug-likeness (QED) is 0.404. The van der Waals surface area contributed by atoms with Gasteiger partial charge in [-0.15, -0.1) is 0 Å². The van der Waals surface area contributed by atoms with Gasteiger partial charge in [-0.1, -0.05) is 49.7 Å². The minimum atomic E-state index is -1.57. The van der Waals surface area contributed by atoms with Crippen molar-refractivity contribution in [1.29, 1.82) is 0 Å². The standard InChI is InChI=1S/C12H25BrOSi/c1-7-11(8-9-13)10-14-15(5,6)12(2,3)4/h8H,7,9-10H2,1-6H3/b11-8+. The fourth-order valence-electron chi connectivity index (χ4n) is 0.904. The van der Waals surface area contributed by atoms with Crippen LogP contribution in [0.5, 0.6) is 0 Å². The van der Waals surface area contributed by atoms with E-state index in [9.17, 15) is 0 Å². The van der Waals surface area contributed by atoms with Gasteiger partial charge in [0.1, 0.15) is 0 Å². The van der Waals surface area contributed by atoms with Crippen molar-refractivity contribution >= 4 is 24.2 Å². The minimum Gasteiger partial charge on any atom is -0.413 e. The molecule has 0 spiro atoms. The summed E-state index contributed by atoms with van der Waals surface area (Å²) in [6.45, 7) is 14.4. The molecule has 0 aromatic rings. The molecule has 0 radical (unpaired) electrons. The van der Waals surface area contributed by atoms with E-state index in [1.165, 1.54) is 5.57 Å². The highest BCUT2D eigenvalue weighted by Gasteiger charge is 2.36. The van der Waals surface area contributed by atoms with Crippen molar-refractivity contribution in [3.63, 3.8) is 0 Å².